The van der Waals surface area contributed by atoms with Gasteiger partial charge in [0.25, 0.3) is 5.91 Å². The van der Waals surface area contributed by atoms with Crippen molar-refractivity contribution in [2.75, 3.05) is 19.7 Å². The average Bonchev–Trinajstić information content (AvgIpc) is 3.45. The minimum absolute atomic E-state index is 0.0925. The van der Waals surface area contributed by atoms with Crippen LogP contribution in [0, 0.1) is 0 Å². The molecule has 0 unspecified atom stereocenters. The summed E-state index contributed by atoms with van der Waals surface area (Å²) < 4.78 is 5.33. The number of benzene rings is 1. The molecule has 1 saturated carbocycles. The highest BCUT2D eigenvalue weighted by Crippen LogP contribution is 2.40. The molecule has 4 rings (SSSR count). The van der Waals surface area contributed by atoms with Crippen molar-refractivity contribution < 1.29 is 14.3 Å². The minimum atomic E-state index is -0.737. The molecular formula is C18H19N3O3. The van der Waals surface area contributed by atoms with Gasteiger partial charge in [0.15, 0.2) is 6.10 Å². The first kappa shape index (κ1) is 15.1. The van der Waals surface area contributed by atoms with Gasteiger partial charge in [-0.1, -0.05) is 18.2 Å². The topological polar surface area (TPSA) is 85.5 Å². The zero-order valence-electron chi connectivity index (χ0n) is 13.3. The second-order valence-electron chi connectivity index (χ2n) is 6.40. The molecule has 1 aliphatic carbocycles. The third-order valence-corrected chi connectivity index (χ3v) is 4.63. The molecule has 2 amide bonds. The molecule has 124 valence electrons. The van der Waals surface area contributed by atoms with Crippen LogP contribution in [-0.4, -0.2) is 47.5 Å². The molecule has 2 aliphatic rings. The van der Waals surface area contributed by atoms with Gasteiger partial charge < -0.3 is 15.4 Å². The van der Waals surface area contributed by atoms with Crippen LogP contribution in [0.5, 0.6) is 0 Å². The zero-order valence-corrected chi connectivity index (χ0v) is 13.3. The lowest BCUT2D eigenvalue weighted by Crippen LogP contribution is -2.50. The monoisotopic (exact) mass is 325 g/mol. The van der Waals surface area contributed by atoms with Gasteiger partial charge in [0, 0.05) is 23.5 Å². The standard InChI is InChI=1S/C18H19N3O3/c19-17(22)16-10-21(7-8-24-16)18(23)13-9-15(11-5-6-11)20-14-4-2-1-3-12(13)14/h1-4,9,11,16H,5-8,10H2,(H2,19,22)/t16-/m0/s1. The van der Waals surface area contributed by atoms with E-state index in [9.17, 15) is 9.59 Å². The fourth-order valence-corrected chi connectivity index (χ4v) is 3.14. The summed E-state index contributed by atoms with van der Waals surface area (Å²) in [7, 11) is 0. The highest BCUT2D eigenvalue weighted by Gasteiger charge is 2.31. The lowest BCUT2D eigenvalue weighted by molar-refractivity contribution is -0.133. The number of carbonyl (C=O) groups excluding carboxylic acids is 2. The smallest absolute Gasteiger partial charge is 0.254 e. The van der Waals surface area contributed by atoms with E-state index in [-0.39, 0.29) is 12.5 Å². The zero-order chi connectivity index (χ0) is 16.7. The molecule has 1 aromatic carbocycles. The number of pyridine rings is 1. The molecule has 2 fully saturated rings. The van der Waals surface area contributed by atoms with Crippen LogP contribution in [0.3, 0.4) is 0 Å². The van der Waals surface area contributed by atoms with E-state index >= 15 is 0 Å². The van der Waals surface area contributed by atoms with Crippen LogP contribution >= 0.6 is 0 Å². The Kier molecular flexibility index (Phi) is 3.69. The lowest BCUT2D eigenvalue weighted by Gasteiger charge is -2.31. The van der Waals surface area contributed by atoms with Crippen molar-refractivity contribution in [1.82, 2.24) is 9.88 Å². The van der Waals surface area contributed by atoms with Gasteiger partial charge in [0.1, 0.15) is 0 Å². The maximum Gasteiger partial charge on any atom is 0.254 e. The molecule has 6 heteroatoms. The second-order valence-corrected chi connectivity index (χ2v) is 6.40. The molecule has 0 spiro atoms. The van der Waals surface area contributed by atoms with Crippen LogP contribution in [0.1, 0.15) is 34.8 Å². The Morgan fingerprint density at radius 3 is 2.79 bits per heavy atom. The Balaban J connectivity index is 1.72. The third-order valence-electron chi connectivity index (χ3n) is 4.63. The Hall–Kier alpha value is -2.47. The first-order valence-corrected chi connectivity index (χ1v) is 8.23. The summed E-state index contributed by atoms with van der Waals surface area (Å²) in [6, 6.07) is 9.60. The van der Waals surface area contributed by atoms with Gasteiger partial charge in [-0.25, -0.2) is 0 Å². The van der Waals surface area contributed by atoms with Gasteiger partial charge in [-0.2, -0.15) is 0 Å². The highest BCUT2D eigenvalue weighted by molar-refractivity contribution is 6.06. The molecule has 1 atom stereocenters. The number of amides is 2. The maximum atomic E-state index is 13.1. The molecule has 2 aromatic rings. The van der Waals surface area contributed by atoms with Gasteiger partial charge in [0.2, 0.25) is 5.91 Å². The summed E-state index contributed by atoms with van der Waals surface area (Å²) in [5.41, 5.74) is 7.79. The average molecular weight is 325 g/mol. The van der Waals surface area contributed by atoms with Gasteiger partial charge in [-0.15, -0.1) is 0 Å². The number of hydrogen-bond acceptors (Lipinski definition) is 4. The number of nitrogens with two attached hydrogens (primary N) is 1. The molecule has 0 bridgehead atoms. The number of aromatic nitrogens is 1. The summed E-state index contributed by atoms with van der Waals surface area (Å²) in [5.74, 6) is -0.167. The lowest BCUT2D eigenvalue weighted by atomic mass is 10.0. The SMILES string of the molecule is NC(=O)[C@@H]1CN(C(=O)c2cc(C3CC3)nc3ccccc23)CCO1. The van der Waals surface area contributed by atoms with E-state index in [1.807, 2.05) is 30.3 Å². The van der Waals surface area contributed by atoms with E-state index in [0.29, 0.717) is 24.6 Å². The molecule has 24 heavy (non-hydrogen) atoms. The van der Waals surface area contributed by atoms with Crippen molar-refractivity contribution in [3.8, 4) is 0 Å². The fourth-order valence-electron chi connectivity index (χ4n) is 3.14. The minimum Gasteiger partial charge on any atom is -0.367 e. The molecule has 2 heterocycles. The molecule has 1 aromatic heterocycles. The number of hydrogen-bond donors (Lipinski definition) is 1. The van der Waals surface area contributed by atoms with Crippen LogP contribution < -0.4 is 5.73 Å². The molecule has 2 N–H and O–H groups in total. The van der Waals surface area contributed by atoms with Crippen LogP contribution in [0.25, 0.3) is 10.9 Å². The molecular weight excluding hydrogens is 306 g/mol. The van der Waals surface area contributed by atoms with Crippen LogP contribution in [0.2, 0.25) is 0 Å². The second kappa shape index (κ2) is 5.87. The van der Waals surface area contributed by atoms with E-state index < -0.39 is 12.0 Å². The van der Waals surface area contributed by atoms with Crippen LogP contribution in [-0.2, 0) is 9.53 Å². The highest BCUT2D eigenvalue weighted by atomic mass is 16.5. The number of fused-ring (bicyclic) bond motifs is 1. The quantitative estimate of drug-likeness (QED) is 0.925. The van der Waals surface area contributed by atoms with E-state index in [4.69, 9.17) is 15.5 Å². The van der Waals surface area contributed by atoms with Crippen molar-refractivity contribution in [2.24, 2.45) is 5.73 Å². The summed E-state index contributed by atoms with van der Waals surface area (Å²) in [6.07, 6.45) is 1.51. The molecule has 1 aliphatic heterocycles. The first-order valence-electron chi connectivity index (χ1n) is 8.23. The number of morpholine rings is 1. The molecule has 6 nitrogen and oxygen atoms in total. The Labute approximate surface area is 139 Å². The number of nitrogens with zero attached hydrogens (tertiary/aromatic N) is 2. The normalized spacial score (nSPS) is 21.0. The summed E-state index contributed by atoms with van der Waals surface area (Å²) >= 11 is 0. The maximum absolute atomic E-state index is 13.1. The number of ether oxygens (including phenoxy) is 1. The summed E-state index contributed by atoms with van der Waals surface area (Å²) in [6.45, 7) is 0.972. The largest absolute Gasteiger partial charge is 0.367 e. The van der Waals surface area contributed by atoms with Crippen LogP contribution in [0.15, 0.2) is 30.3 Å². The predicted octanol–water partition coefficient (Wildman–Crippen LogP) is 1.44. The number of para-hydroxylation sites is 1. The Morgan fingerprint density at radius 1 is 1.25 bits per heavy atom. The van der Waals surface area contributed by atoms with Crippen molar-refractivity contribution in [1.29, 1.82) is 0 Å². The van der Waals surface area contributed by atoms with Crippen molar-refractivity contribution >= 4 is 22.7 Å². The van der Waals surface area contributed by atoms with Gasteiger partial charge >= 0.3 is 0 Å². The number of carbonyl (C=O) groups is 2. The van der Waals surface area contributed by atoms with Gasteiger partial charge in [-0.3, -0.25) is 14.6 Å². The summed E-state index contributed by atoms with van der Waals surface area (Å²) in [5, 5.41) is 0.842. The van der Waals surface area contributed by atoms with E-state index in [1.54, 1.807) is 4.90 Å². The van der Waals surface area contributed by atoms with E-state index in [1.165, 1.54) is 0 Å². The fraction of sp³-hybridized carbons (Fsp3) is 0.389. The third kappa shape index (κ3) is 2.73. The number of rotatable bonds is 3. The van der Waals surface area contributed by atoms with Crippen LogP contribution in [0.4, 0.5) is 0 Å². The van der Waals surface area contributed by atoms with Crippen molar-refractivity contribution in [3.63, 3.8) is 0 Å². The van der Waals surface area contributed by atoms with E-state index in [0.717, 1.165) is 29.4 Å². The van der Waals surface area contributed by atoms with Gasteiger partial charge in [-0.05, 0) is 25.0 Å². The predicted molar refractivity (Wildman–Crippen MR) is 88.6 cm³/mol. The summed E-state index contributed by atoms with van der Waals surface area (Å²) in [4.78, 5) is 30.8. The molecule has 1 saturated heterocycles. The van der Waals surface area contributed by atoms with Crippen molar-refractivity contribution in [3.05, 3.63) is 41.6 Å². The number of primary amides is 1. The van der Waals surface area contributed by atoms with Gasteiger partial charge in [0.05, 0.1) is 24.2 Å². The Morgan fingerprint density at radius 2 is 2.04 bits per heavy atom. The van der Waals surface area contributed by atoms with E-state index in [2.05, 4.69) is 0 Å². The molecule has 0 radical (unpaired) electrons. The van der Waals surface area contributed by atoms with Crippen molar-refractivity contribution in [2.45, 2.75) is 24.9 Å². The first-order chi connectivity index (χ1) is 11.6. The Bertz CT molecular complexity index is 816.